The summed E-state index contributed by atoms with van der Waals surface area (Å²) >= 11 is 0. The molecule has 0 radical (unpaired) electrons. The van der Waals surface area contributed by atoms with Gasteiger partial charge in [0.1, 0.15) is 5.82 Å². The number of aromatic amines is 1. The average molecular weight is 467 g/mol. The molecule has 0 aliphatic carbocycles. The van der Waals surface area contributed by atoms with E-state index in [4.69, 9.17) is 15.2 Å². The van der Waals surface area contributed by atoms with Crippen LogP contribution in [0, 0.1) is 0 Å². The van der Waals surface area contributed by atoms with Gasteiger partial charge < -0.3 is 15.2 Å². The van der Waals surface area contributed by atoms with Gasteiger partial charge in [-0.1, -0.05) is 43.7 Å². The van der Waals surface area contributed by atoms with Gasteiger partial charge in [-0.25, -0.2) is 4.79 Å². The Morgan fingerprint density at radius 1 is 1.09 bits per heavy atom. The summed E-state index contributed by atoms with van der Waals surface area (Å²) in [5.74, 6) is 0.372. The highest BCUT2D eigenvalue weighted by molar-refractivity contribution is 6.07. The predicted octanol–water partition coefficient (Wildman–Crippen LogP) is 3.17. The van der Waals surface area contributed by atoms with E-state index in [0.29, 0.717) is 31.1 Å². The lowest BCUT2D eigenvalue weighted by atomic mass is 10.1. The van der Waals surface area contributed by atoms with Gasteiger partial charge >= 0.3 is 5.69 Å². The summed E-state index contributed by atoms with van der Waals surface area (Å²) < 4.78 is 12.2. The molecule has 1 amide bonds. The number of amides is 1. The summed E-state index contributed by atoms with van der Waals surface area (Å²) in [6, 6.07) is 14.0. The molecule has 3 rings (SSSR count). The number of hydrogen-bond acceptors (Lipinski definition) is 6. The Bertz CT molecular complexity index is 1250. The van der Waals surface area contributed by atoms with Crippen LogP contribution in [0.1, 0.15) is 42.6 Å². The second kappa shape index (κ2) is 11.2. The van der Waals surface area contributed by atoms with E-state index in [-0.39, 0.29) is 23.6 Å². The lowest BCUT2D eigenvalue weighted by Gasteiger charge is -2.25. The highest BCUT2D eigenvalue weighted by Gasteiger charge is 2.26. The molecule has 0 aliphatic heterocycles. The van der Waals surface area contributed by atoms with E-state index >= 15 is 0 Å². The molecule has 3 N–H and O–H groups in total. The normalized spacial score (nSPS) is 10.7. The Morgan fingerprint density at radius 3 is 2.47 bits per heavy atom. The third-order valence-electron chi connectivity index (χ3n) is 5.36. The van der Waals surface area contributed by atoms with Gasteiger partial charge in [-0.05, 0) is 37.1 Å². The Hall–Kier alpha value is -4.01. The zero-order valence-electron chi connectivity index (χ0n) is 19.7. The van der Waals surface area contributed by atoms with Gasteiger partial charge in [-0.3, -0.25) is 24.0 Å². The first-order valence-corrected chi connectivity index (χ1v) is 11.2. The number of rotatable bonds is 10. The molecule has 0 spiro atoms. The van der Waals surface area contributed by atoms with Crippen LogP contribution in [0.4, 0.5) is 11.5 Å². The molecule has 0 saturated heterocycles. The number of nitrogen functional groups attached to an aromatic ring is 1. The molecule has 1 heterocycles. The van der Waals surface area contributed by atoms with Crippen molar-refractivity contribution in [1.29, 1.82) is 0 Å². The second-order valence-electron chi connectivity index (χ2n) is 7.67. The van der Waals surface area contributed by atoms with E-state index < -0.39 is 17.2 Å². The fraction of sp³-hybridized carbons (Fsp3) is 0.320. The minimum atomic E-state index is -0.725. The minimum absolute atomic E-state index is 0.0515. The third kappa shape index (κ3) is 5.31. The minimum Gasteiger partial charge on any atom is -0.493 e. The van der Waals surface area contributed by atoms with Gasteiger partial charge in [-0.15, -0.1) is 0 Å². The van der Waals surface area contributed by atoms with Crippen molar-refractivity contribution in [3.8, 4) is 11.5 Å². The number of hydrogen-bond donors (Lipinski definition) is 2. The molecule has 9 heteroatoms. The standard InChI is InChI=1S/C25H30N4O5/c1-4-6-14-28-22(26)21(23(30)27-25(28)32)29(16-17-10-8-7-9-11-17)24(31)18-12-13-19(34-5-2)20(15-18)33-3/h7-13,15H,4-6,14,16,26H2,1-3H3,(H,27,30,32). The summed E-state index contributed by atoms with van der Waals surface area (Å²) in [6.45, 7) is 4.68. The van der Waals surface area contributed by atoms with Crippen LogP contribution < -0.4 is 31.4 Å². The summed E-state index contributed by atoms with van der Waals surface area (Å²) in [7, 11) is 1.49. The molecule has 1 aromatic heterocycles. The van der Waals surface area contributed by atoms with Gasteiger partial charge in [0.25, 0.3) is 11.5 Å². The van der Waals surface area contributed by atoms with Crippen molar-refractivity contribution in [2.45, 2.75) is 39.8 Å². The highest BCUT2D eigenvalue weighted by Crippen LogP contribution is 2.30. The number of nitrogens with one attached hydrogen (secondary N) is 1. The zero-order valence-corrected chi connectivity index (χ0v) is 19.7. The average Bonchev–Trinajstić information content (AvgIpc) is 2.83. The van der Waals surface area contributed by atoms with Crippen LogP contribution in [0.2, 0.25) is 0 Å². The molecule has 3 aromatic rings. The molecular weight excluding hydrogens is 436 g/mol. The Labute approximate surface area is 197 Å². The fourth-order valence-electron chi connectivity index (χ4n) is 3.63. The molecule has 34 heavy (non-hydrogen) atoms. The molecule has 0 saturated carbocycles. The van der Waals surface area contributed by atoms with Crippen molar-refractivity contribution < 1.29 is 14.3 Å². The van der Waals surface area contributed by atoms with Gasteiger partial charge in [-0.2, -0.15) is 0 Å². The van der Waals surface area contributed by atoms with Gasteiger partial charge in [0.2, 0.25) is 0 Å². The highest BCUT2D eigenvalue weighted by atomic mass is 16.5. The number of aromatic nitrogens is 2. The summed E-state index contributed by atoms with van der Waals surface area (Å²) in [6.07, 6.45) is 1.53. The molecule has 0 aliphatic rings. The van der Waals surface area contributed by atoms with E-state index in [9.17, 15) is 14.4 Å². The fourth-order valence-corrected chi connectivity index (χ4v) is 3.63. The molecule has 180 valence electrons. The van der Waals surface area contributed by atoms with Crippen molar-refractivity contribution in [1.82, 2.24) is 9.55 Å². The molecule has 0 bridgehead atoms. The second-order valence-corrected chi connectivity index (χ2v) is 7.67. The van der Waals surface area contributed by atoms with Crippen molar-refractivity contribution in [2.24, 2.45) is 0 Å². The Balaban J connectivity index is 2.15. The van der Waals surface area contributed by atoms with Crippen molar-refractivity contribution in [3.63, 3.8) is 0 Å². The predicted molar refractivity (Wildman–Crippen MR) is 132 cm³/mol. The third-order valence-corrected chi connectivity index (χ3v) is 5.36. The first-order valence-electron chi connectivity index (χ1n) is 11.2. The maximum Gasteiger partial charge on any atom is 0.330 e. The van der Waals surface area contributed by atoms with Crippen molar-refractivity contribution in [3.05, 3.63) is 80.5 Å². The van der Waals surface area contributed by atoms with E-state index in [1.807, 2.05) is 44.2 Å². The maximum absolute atomic E-state index is 13.7. The number of H-pyrrole nitrogens is 1. The number of ether oxygens (including phenoxy) is 2. The van der Waals surface area contributed by atoms with E-state index in [2.05, 4.69) is 4.98 Å². The van der Waals surface area contributed by atoms with Gasteiger partial charge in [0, 0.05) is 12.1 Å². The van der Waals surface area contributed by atoms with Crippen LogP contribution in [-0.4, -0.2) is 29.2 Å². The lowest BCUT2D eigenvalue weighted by Crippen LogP contribution is -2.41. The maximum atomic E-state index is 13.7. The smallest absolute Gasteiger partial charge is 0.330 e. The van der Waals surface area contributed by atoms with Crippen LogP contribution >= 0.6 is 0 Å². The first-order chi connectivity index (χ1) is 16.4. The molecule has 2 aromatic carbocycles. The van der Waals surface area contributed by atoms with Gasteiger partial charge in [0.15, 0.2) is 17.2 Å². The number of carbonyl (C=O) groups excluding carboxylic acids is 1. The Morgan fingerprint density at radius 2 is 1.82 bits per heavy atom. The SMILES string of the molecule is CCCCn1c(N)c(N(Cc2ccccc2)C(=O)c2ccc(OCC)c(OC)c2)c(=O)[nH]c1=O. The van der Waals surface area contributed by atoms with Crippen LogP contribution in [0.25, 0.3) is 0 Å². The number of benzene rings is 2. The largest absolute Gasteiger partial charge is 0.493 e. The monoisotopic (exact) mass is 466 g/mol. The lowest BCUT2D eigenvalue weighted by molar-refractivity contribution is 0.0984. The van der Waals surface area contributed by atoms with Crippen LogP contribution in [0.5, 0.6) is 11.5 Å². The number of methoxy groups -OCH3 is 1. The number of carbonyl (C=O) groups is 1. The number of nitrogens with zero attached hydrogens (tertiary/aromatic N) is 2. The summed E-state index contributed by atoms with van der Waals surface area (Å²) in [5, 5.41) is 0. The number of unbranched alkanes of at least 4 members (excludes halogenated alkanes) is 1. The van der Waals surface area contributed by atoms with E-state index in [1.54, 1.807) is 18.2 Å². The van der Waals surface area contributed by atoms with Crippen LogP contribution in [0.3, 0.4) is 0 Å². The molecule has 0 unspecified atom stereocenters. The van der Waals surface area contributed by atoms with Crippen LogP contribution in [0.15, 0.2) is 58.1 Å². The van der Waals surface area contributed by atoms with Crippen LogP contribution in [-0.2, 0) is 13.1 Å². The zero-order chi connectivity index (χ0) is 24.7. The Kier molecular flexibility index (Phi) is 8.13. The topological polar surface area (TPSA) is 120 Å². The van der Waals surface area contributed by atoms with Gasteiger partial charge in [0.05, 0.1) is 20.3 Å². The van der Waals surface area contributed by atoms with E-state index in [0.717, 1.165) is 12.0 Å². The van der Waals surface area contributed by atoms with E-state index in [1.165, 1.54) is 16.6 Å². The van der Waals surface area contributed by atoms with Crippen molar-refractivity contribution in [2.75, 3.05) is 24.4 Å². The quantitative estimate of drug-likeness (QED) is 0.474. The van der Waals surface area contributed by atoms with Crippen molar-refractivity contribution >= 4 is 17.4 Å². The summed E-state index contributed by atoms with van der Waals surface area (Å²) in [4.78, 5) is 42.7. The number of nitrogens with two attached hydrogens (primary N) is 1. The molecule has 0 atom stereocenters. The molecule has 0 fully saturated rings. The first kappa shape index (κ1) is 24.6. The molecular formula is C25H30N4O5. The summed E-state index contributed by atoms with van der Waals surface area (Å²) in [5.41, 5.74) is 5.99. The molecule has 9 nitrogen and oxygen atoms in total. The number of anilines is 2.